The van der Waals surface area contributed by atoms with E-state index >= 15 is 0 Å². The largest absolute Gasteiger partial charge is 0.481 e. The standard InChI is InChI=1S/C12H14BrNO2/c1-16-12-10(6-9(13)7-14-12)11(15)5-8-3-2-4-8/h5-7,11,15H,2-4H2,1H3. The number of aliphatic hydroxyl groups excluding tert-OH is 1. The van der Waals surface area contributed by atoms with Crippen molar-refractivity contribution in [1.82, 2.24) is 4.98 Å². The quantitative estimate of drug-likeness (QED) is 0.868. The zero-order valence-corrected chi connectivity index (χ0v) is 10.7. The van der Waals surface area contributed by atoms with Crippen LogP contribution in [0.5, 0.6) is 5.88 Å². The van der Waals surface area contributed by atoms with E-state index in [1.165, 1.54) is 12.0 Å². The van der Waals surface area contributed by atoms with Crippen molar-refractivity contribution in [3.63, 3.8) is 0 Å². The second kappa shape index (κ2) is 4.97. The fraction of sp³-hybridized carbons (Fsp3) is 0.417. The summed E-state index contributed by atoms with van der Waals surface area (Å²) in [6.45, 7) is 0. The lowest BCUT2D eigenvalue weighted by Gasteiger charge is -2.19. The molecule has 4 heteroatoms. The minimum Gasteiger partial charge on any atom is -0.481 e. The first-order valence-corrected chi connectivity index (χ1v) is 6.07. The van der Waals surface area contributed by atoms with E-state index in [1.54, 1.807) is 13.3 Å². The number of hydrogen-bond acceptors (Lipinski definition) is 3. The van der Waals surface area contributed by atoms with Crippen molar-refractivity contribution in [3.8, 4) is 5.88 Å². The van der Waals surface area contributed by atoms with Gasteiger partial charge in [0.2, 0.25) is 5.88 Å². The average molecular weight is 284 g/mol. The van der Waals surface area contributed by atoms with Crippen molar-refractivity contribution in [2.24, 2.45) is 0 Å². The Morgan fingerprint density at radius 3 is 2.88 bits per heavy atom. The van der Waals surface area contributed by atoms with Crippen molar-refractivity contribution >= 4 is 15.9 Å². The second-order valence-electron chi connectivity index (χ2n) is 3.88. The van der Waals surface area contributed by atoms with Gasteiger partial charge in [-0.1, -0.05) is 11.6 Å². The van der Waals surface area contributed by atoms with Gasteiger partial charge in [0.15, 0.2) is 0 Å². The van der Waals surface area contributed by atoms with Gasteiger partial charge in [0, 0.05) is 16.2 Å². The van der Waals surface area contributed by atoms with E-state index in [4.69, 9.17) is 4.74 Å². The van der Waals surface area contributed by atoms with Crippen LogP contribution in [0.1, 0.15) is 30.9 Å². The van der Waals surface area contributed by atoms with E-state index < -0.39 is 6.10 Å². The predicted octanol–water partition coefficient (Wildman–Crippen LogP) is 3.00. The first-order valence-electron chi connectivity index (χ1n) is 5.28. The molecule has 0 aliphatic heterocycles. The van der Waals surface area contributed by atoms with Crippen molar-refractivity contribution in [1.29, 1.82) is 0 Å². The van der Waals surface area contributed by atoms with Crippen LogP contribution in [0.15, 0.2) is 28.4 Å². The summed E-state index contributed by atoms with van der Waals surface area (Å²) in [5.41, 5.74) is 2.02. The summed E-state index contributed by atoms with van der Waals surface area (Å²) in [6, 6.07) is 1.84. The van der Waals surface area contributed by atoms with Gasteiger partial charge in [-0.2, -0.15) is 0 Å². The van der Waals surface area contributed by atoms with Crippen molar-refractivity contribution in [2.45, 2.75) is 25.4 Å². The Labute approximate surface area is 103 Å². The van der Waals surface area contributed by atoms with E-state index in [2.05, 4.69) is 20.9 Å². The molecule has 0 saturated heterocycles. The number of aliphatic hydroxyl groups is 1. The predicted molar refractivity (Wildman–Crippen MR) is 65.4 cm³/mol. The third-order valence-electron chi connectivity index (χ3n) is 2.75. The molecule has 1 aromatic heterocycles. The smallest absolute Gasteiger partial charge is 0.219 e. The van der Waals surface area contributed by atoms with Gasteiger partial charge in [0.1, 0.15) is 6.10 Å². The molecule has 1 fully saturated rings. The van der Waals surface area contributed by atoms with Gasteiger partial charge in [-0.15, -0.1) is 0 Å². The van der Waals surface area contributed by atoms with E-state index in [1.807, 2.05) is 12.1 Å². The molecule has 1 unspecified atom stereocenters. The van der Waals surface area contributed by atoms with E-state index in [-0.39, 0.29) is 0 Å². The summed E-state index contributed by atoms with van der Waals surface area (Å²) in [7, 11) is 1.56. The van der Waals surface area contributed by atoms with Gasteiger partial charge < -0.3 is 9.84 Å². The number of pyridine rings is 1. The fourth-order valence-corrected chi connectivity index (χ4v) is 2.03. The zero-order chi connectivity index (χ0) is 11.5. The van der Waals surface area contributed by atoms with Crippen LogP contribution in [0.2, 0.25) is 0 Å². The summed E-state index contributed by atoms with van der Waals surface area (Å²) in [4.78, 5) is 4.11. The van der Waals surface area contributed by atoms with Crippen LogP contribution in [-0.2, 0) is 0 Å². The molecule has 0 radical (unpaired) electrons. The van der Waals surface area contributed by atoms with Gasteiger partial charge in [0.05, 0.1) is 7.11 Å². The topological polar surface area (TPSA) is 42.4 Å². The van der Waals surface area contributed by atoms with Crippen LogP contribution in [0.3, 0.4) is 0 Å². The van der Waals surface area contributed by atoms with Crippen molar-refractivity contribution in [2.75, 3.05) is 7.11 Å². The molecule has 1 aromatic rings. The minimum absolute atomic E-state index is 0.479. The summed E-state index contributed by atoms with van der Waals surface area (Å²) in [5.74, 6) is 0.479. The Morgan fingerprint density at radius 2 is 2.31 bits per heavy atom. The monoisotopic (exact) mass is 283 g/mol. The molecule has 1 aliphatic rings. The van der Waals surface area contributed by atoms with Gasteiger partial charge in [0.25, 0.3) is 0 Å². The van der Waals surface area contributed by atoms with Crippen LogP contribution < -0.4 is 4.74 Å². The molecule has 0 spiro atoms. The normalized spacial score (nSPS) is 16.6. The molecule has 1 atom stereocenters. The number of ether oxygens (including phenoxy) is 1. The zero-order valence-electron chi connectivity index (χ0n) is 9.11. The van der Waals surface area contributed by atoms with Crippen LogP contribution >= 0.6 is 15.9 Å². The van der Waals surface area contributed by atoms with Gasteiger partial charge in [-0.05, 0) is 41.3 Å². The summed E-state index contributed by atoms with van der Waals surface area (Å²) >= 11 is 3.34. The Kier molecular flexibility index (Phi) is 3.61. The number of allylic oxidation sites excluding steroid dienone is 1. The first-order chi connectivity index (χ1) is 7.70. The number of methoxy groups -OCH3 is 1. The third kappa shape index (κ3) is 2.44. The number of hydrogen-bond donors (Lipinski definition) is 1. The lowest BCUT2D eigenvalue weighted by atomic mass is 9.90. The molecule has 1 heterocycles. The van der Waals surface area contributed by atoms with Crippen LogP contribution in [0.4, 0.5) is 0 Å². The molecule has 2 rings (SSSR count). The van der Waals surface area contributed by atoms with Crippen LogP contribution in [0.25, 0.3) is 0 Å². The number of nitrogens with zero attached hydrogens (tertiary/aromatic N) is 1. The molecule has 1 N–H and O–H groups in total. The highest BCUT2D eigenvalue weighted by atomic mass is 79.9. The number of aromatic nitrogens is 1. The molecular weight excluding hydrogens is 270 g/mol. The maximum Gasteiger partial charge on any atom is 0.219 e. The lowest BCUT2D eigenvalue weighted by Crippen LogP contribution is -2.04. The van der Waals surface area contributed by atoms with Gasteiger partial charge in [-0.25, -0.2) is 4.98 Å². The van der Waals surface area contributed by atoms with E-state index in [0.29, 0.717) is 11.4 Å². The Hall–Kier alpha value is -0.870. The fourth-order valence-electron chi connectivity index (χ4n) is 1.69. The highest BCUT2D eigenvalue weighted by Crippen LogP contribution is 2.32. The van der Waals surface area contributed by atoms with Crippen molar-refractivity contribution < 1.29 is 9.84 Å². The van der Waals surface area contributed by atoms with Gasteiger partial charge >= 0.3 is 0 Å². The molecule has 0 bridgehead atoms. The molecule has 3 nitrogen and oxygen atoms in total. The van der Waals surface area contributed by atoms with Crippen LogP contribution in [-0.4, -0.2) is 17.2 Å². The minimum atomic E-state index is -0.629. The highest BCUT2D eigenvalue weighted by molar-refractivity contribution is 9.10. The molecule has 1 saturated carbocycles. The SMILES string of the molecule is COc1ncc(Br)cc1C(O)C=C1CCC1. The third-order valence-corrected chi connectivity index (χ3v) is 3.18. The second-order valence-corrected chi connectivity index (χ2v) is 4.79. The maximum absolute atomic E-state index is 10.1. The van der Waals surface area contributed by atoms with Crippen molar-refractivity contribution in [3.05, 3.63) is 33.9 Å². The average Bonchev–Trinajstić information content (AvgIpc) is 2.23. The molecule has 16 heavy (non-hydrogen) atoms. The molecule has 0 amide bonds. The highest BCUT2D eigenvalue weighted by Gasteiger charge is 2.16. The Bertz CT molecular complexity index is 411. The maximum atomic E-state index is 10.1. The summed E-state index contributed by atoms with van der Waals surface area (Å²) < 4.78 is 5.98. The van der Waals surface area contributed by atoms with E-state index in [9.17, 15) is 5.11 Å². The Morgan fingerprint density at radius 1 is 1.56 bits per heavy atom. The lowest BCUT2D eigenvalue weighted by molar-refractivity contribution is 0.219. The van der Waals surface area contributed by atoms with E-state index in [0.717, 1.165) is 17.3 Å². The van der Waals surface area contributed by atoms with Crippen LogP contribution in [0, 0.1) is 0 Å². The molecule has 0 aromatic carbocycles. The summed E-state index contributed by atoms with van der Waals surface area (Å²) in [6.07, 6.45) is 6.35. The molecule has 86 valence electrons. The summed E-state index contributed by atoms with van der Waals surface area (Å²) in [5, 5.41) is 10.1. The number of halogens is 1. The number of rotatable bonds is 3. The first kappa shape index (κ1) is 11.6. The van der Waals surface area contributed by atoms with Gasteiger partial charge in [-0.3, -0.25) is 0 Å². The Balaban J connectivity index is 2.26. The molecular formula is C12H14BrNO2. The molecule has 1 aliphatic carbocycles.